The number of rotatable bonds is 5. The zero-order valence-electron chi connectivity index (χ0n) is 5.93. The maximum atomic E-state index is 9.98. The Bertz CT molecular complexity index is 95.0. The number of hydrogen-bond donors (Lipinski definition) is 0. The average Bonchev–Trinajstić information content (AvgIpc) is 1.87. The third-order valence-corrected chi connectivity index (χ3v) is 0.962. The molecule has 0 aliphatic carbocycles. The van der Waals surface area contributed by atoms with Gasteiger partial charge in [-0.1, -0.05) is 0 Å². The number of carbonyl (C=O) groups excluding carboxylic acids is 1. The van der Waals surface area contributed by atoms with Gasteiger partial charge >= 0.3 is 5.43 Å². The van der Waals surface area contributed by atoms with Gasteiger partial charge in [-0.05, 0) is 6.92 Å². The van der Waals surface area contributed by atoms with E-state index in [1.54, 1.807) is 0 Å². The molecule has 0 N–H and O–H groups in total. The first-order valence-corrected chi connectivity index (χ1v) is 3.55. The Balaban J connectivity index is 2.84. The van der Waals surface area contributed by atoms with E-state index in [9.17, 15) is 4.79 Å². The van der Waals surface area contributed by atoms with Gasteiger partial charge in [0.25, 0.3) is 0 Å². The molecule has 60 valence electrons. The third-order valence-electron chi connectivity index (χ3n) is 0.853. The monoisotopic (exact) mass is 166 g/mol. The number of ether oxygens (including phenoxy) is 2. The van der Waals surface area contributed by atoms with Crippen molar-refractivity contribution in [1.82, 2.24) is 0 Å². The second-order valence-corrected chi connectivity index (χ2v) is 1.95. The largest absolute Gasteiger partial charge is 0.454 e. The highest BCUT2D eigenvalue weighted by molar-refractivity contribution is 6.61. The fourth-order valence-corrected chi connectivity index (χ4v) is 0.535. The molecule has 0 heterocycles. The van der Waals surface area contributed by atoms with E-state index in [2.05, 4.69) is 4.74 Å². The van der Waals surface area contributed by atoms with Crippen LogP contribution in [0.15, 0.2) is 0 Å². The highest BCUT2D eigenvalue weighted by Crippen LogP contribution is 1.89. The van der Waals surface area contributed by atoms with Gasteiger partial charge in [0.1, 0.15) is 0 Å². The fraction of sp³-hybridized carbons (Fsp3) is 0.833. The summed E-state index contributed by atoms with van der Waals surface area (Å²) in [7, 11) is 0. The molecule has 0 radical (unpaired) electrons. The van der Waals surface area contributed by atoms with Crippen molar-refractivity contribution in [3.63, 3.8) is 0 Å². The molecule has 0 aromatic rings. The number of carbonyl (C=O) groups is 1. The average molecular weight is 167 g/mol. The summed E-state index contributed by atoms with van der Waals surface area (Å²) < 4.78 is 9.42. The smallest absolute Gasteiger partial charge is 0.403 e. The highest BCUT2D eigenvalue weighted by atomic mass is 35.5. The molecule has 0 amide bonds. The van der Waals surface area contributed by atoms with Gasteiger partial charge in [-0.15, -0.1) is 0 Å². The van der Waals surface area contributed by atoms with Crippen LogP contribution in [-0.2, 0) is 9.47 Å². The zero-order valence-corrected chi connectivity index (χ0v) is 6.69. The summed E-state index contributed by atoms with van der Waals surface area (Å²) in [5.74, 6) is 0. The van der Waals surface area contributed by atoms with Crippen LogP contribution in [0, 0.1) is 0 Å². The van der Waals surface area contributed by atoms with Crippen LogP contribution in [0.1, 0.15) is 13.3 Å². The molecule has 0 aromatic heterocycles. The normalized spacial score (nSPS) is 9.40. The lowest BCUT2D eigenvalue weighted by Crippen LogP contribution is -2.01. The molecule has 0 atom stereocenters. The van der Waals surface area contributed by atoms with E-state index in [0.29, 0.717) is 26.2 Å². The first kappa shape index (κ1) is 9.72. The summed E-state index contributed by atoms with van der Waals surface area (Å²) in [5, 5.41) is 0. The molecule has 10 heavy (non-hydrogen) atoms. The minimum absolute atomic E-state index is 0.336. The van der Waals surface area contributed by atoms with E-state index in [-0.39, 0.29) is 0 Å². The number of hydrogen-bond acceptors (Lipinski definition) is 3. The van der Waals surface area contributed by atoms with Gasteiger partial charge < -0.3 is 9.47 Å². The van der Waals surface area contributed by atoms with Crippen molar-refractivity contribution in [1.29, 1.82) is 0 Å². The minimum Gasteiger partial charge on any atom is -0.454 e. The lowest BCUT2D eigenvalue weighted by atomic mass is 10.5. The summed E-state index contributed by atoms with van der Waals surface area (Å²) in [4.78, 5) is 9.98. The topological polar surface area (TPSA) is 35.5 Å². The molecular formula is C6H11ClO3. The Morgan fingerprint density at radius 2 is 2.20 bits per heavy atom. The van der Waals surface area contributed by atoms with Crippen molar-refractivity contribution in [3.8, 4) is 0 Å². The Hall–Kier alpha value is -0.280. The van der Waals surface area contributed by atoms with Gasteiger partial charge in [-0.3, -0.25) is 0 Å². The van der Waals surface area contributed by atoms with Crippen LogP contribution >= 0.6 is 11.6 Å². The highest BCUT2D eigenvalue weighted by Gasteiger charge is 1.93. The van der Waals surface area contributed by atoms with Gasteiger partial charge in [0.2, 0.25) is 0 Å². The maximum Gasteiger partial charge on any atom is 0.403 e. The number of halogens is 1. The van der Waals surface area contributed by atoms with E-state index < -0.39 is 5.43 Å². The predicted molar refractivity (Wildman–Crippen MR) is 38.3 cm³/mol. The summed E-state index contributed by atoms with van der Waals surface area (Å²) >= 11 is 4.89. The summed E-state index contributed by atoms with van der Waals surface area (Å²) in [6, 6.07) is 0. The van der Waals surface area contributed by atoms with Crippen molar-refractivity contribution in [2.45, 2.75) is 13.3 Å². The molecule has 3 nitrogen and oxygen atoms in total. The fourth-order valence-electron chi connectivity index (χ4n) is 0.458. The quantitative estimate of drug-likeness (QED) is 0.462. The van der Waals surface area contributed by atoms with Crippen LogP contribution in [0.5, 0.6) is 0 Å². The van der Waals surface area contributed by atoms with E-state index in [1.165, 1.54) is 0 Å². The van der Waals surface area contributed by atoms with E-state index in [1.807, 2.05) is 6.92 Å². The standard InChI is InChI=1S/C6H11ClO3/c1-2-9-4-3-5-10-6(7)8/h2-5H2,1H3. The van der Waals surface area contributed by atoms with Crippen molar-refractivity contribution in [2.75, 3.05) is 19.8 Å². The summed E-state index contributed by atoms with van der Waals surface area (Å²) in [6.07, 6.45) is 0.701. The Morgan fingerprint density at radius 3 is 2.70 bits per heavy atom. The van der Waals surface area contributed by atoms with Crippen molar-refractivity contribution < 1.29 is 14.3 Å². The lowest BCUT2D eigenvalue weighted by molar-refractivity contribution is 0.117. The van der Waals surface area contributed by atoms with Gasteiger partial charge in [0.05, 0.1) is 6.61 Å². The first-order valence-electron chi connectivity index (χ1n) is 3.17. The molecule has 0 fully saturated rings. The van der Waals surface area contributed by atoms with Gasteiger partial charge in [0.15, 0.2) is 0 Å². The molecule has 0 saturated carbocycles. The summed E-state index contributed by atoms with van der Waals surface area (Å²) in [6.45, 7) is 3.55. The molecule has 0 unspecified atom stereocenters. The van der Waals surface area contributed by atoms with E-state index >= 15 is 0 Å². The molecule has 0 spiro atoms. The molecule has 0 bridgehead atoms. The predicted octanol–water partition coefficient (Wildman–Crippen LogP) is 1.79. The van der Waals surface area contributed by atoms with Crippen LogP contribution in [0.2, 0.25) is 0 Å². The van der Waals surface area contributed by atoms with Crippen LogP contribution in [0.3, 0.4) is 0 Å². The van der Waals surface area contributed by atoms with Crippen molar-refractivity contribution in [2.24, 2.45) is 0 Å². The van der Waals surface area contributed by atoms with E-state index in [4.69, 9.17) is 16.3 Å². The van der Waals surface area contributed by atoms with Crippen LogP contribution in [0.4, 0.5) is 4.79 Å². The molecule has 4 heteroatoms. The molecule has 0 aromatic carbocycles. The van der Waals surface area contributed by atoms with Gasteiger partial charge in [-0.2, -0.15) is 0 Å². The maximum absolute atomic E-state index is 9.98. The molecule has 0 saturated heterocycles. The van der Waals surface area contributed by atoms with E-state index in [0.717, 1.165) is 0 Å². The van der Waals surface area contributed by atoms with Crippen LogP contribution in [0.25, 0.3) is 0 Å². The minimum atomic E-state index is -0.753. The van der Waals surface area contributed by atoms with Gasteiger partial charge in [-0.25, -0.2) is 4.79 Å². The van der Waals surface area contributed by atoms with Crippen LogP contribution < -0.4 is 0 Å². The Labute approximate surface area is 65.3 Å². The Kier molecular flexibility index (Phi) is 6.64. The SMILES string of the molecule is CCOCCCOC(=O)Cl. The van der Waals surface area contributed by atoms with Crippen molar-refractivity contribution in [3.05, 3.63) is 0 Å². The Morgan fingerprint density at radius 1 is 1.50 bits per heavy atom. The van der Waals surface area contributed by atoms with Crippen LogP contribution in [-0.4, -0.2) is 25.2 Å². The molecular weight excluding hydrogens is 156 g/mol. The third kappa shape index (κ3) is 7.72. The first-order chi connectivity index (χ1) is 4.77. The second kappa shape index (κ2) is 6.83. The second-order valence-electron chi connectivity index (χ2n) is 1.64. The van der Waals surface area contributed by atoms with Crippen molar-refractivity contribution >= 4 is 17.0 Å². The lowest BCUT2D eigenvalue weighted by Gasteiger charge is -1.99. The van der Waals surface area contributed by atoms with Gasteiger partial charge in [0, 0.05) is 31.2 Å². The summed E-state index contributed by atoms with van der Waals surface area (Å²) in [5.41, 5.74) is -0.753. The molecule has 0 aliphatic heterocycles. The molecule has 0 rings (SSSR count). The zero-order chi connectivity index (χ0) is 7.82. The molecule has 0 aliphatic rings.